The van der Waals surface area contributed by atoms with Gasteiger partial charge in [0.15, 0.2) is 0 Å². The number of carboxylic acids is 1. The molecule has 1 aliphatic carbocycles. The van der Waals surface area contributed by atoms with Crippen molar-refractivity contribution < 1.29 is 19.5 Å². The third-order valence-corrected chi connectivity index (χ3v) is 7.37. The Labute approximate surface area is 185 Å². The molecule has 1 saturated heterocycles. The molecule has 31 heavy (non-hydrogen) atoms. The zero-order valence-electron chi connectivity index (χ0n) is 18.8. The molecule has 6 nitrogen and oxygen atoms in total. The molecule has 1 aromatic carbocycles. The third-order valence-electron chi connectivity index (χ3n) is 7.37. The second kappa shape index (κ2) is 10.3. The van der Waals surface area contributed by atoms with Gasteiger partial charge in [-0.1, -0.05) is 50.6 Å². The fourth-order valence-corrected chi connectivity index (χ4v) is 4.91. The van der Waals surface area contributed by atoms with Gasteiger partial charge in [0, 0.05) is 31.8 Å². The van der Waals surface area contributed by atoms with E-state index < -0.39 is 12.0 Å². The normalized spacial score (nSPS) is 25.8. The van der Waals surface area contributed by atoms with Crippen LogP contribution in [0.3, 0.4) is 0 Å². The Morgan fingerprint density at radius 3 is 2.58 bits per heavy atom. The molecule has 1 aliphatic heterocycles. The zero-order chi connectivity index (χ0) is 22.4. The summed E-state index contributed by atoms with van der Waals surface area (Å²) in [5, 5.41) is 12.1. The van der Waals surface area contributed by atoms with Crippen LogP contribution < -0.4 is 5.32 Å². The fourth-order valence-electron chi connectivity index (χ4n) is 4.91. The molecule has 0 spiro atoms. The summed E-state index contributed by atoms with van der Waals surface area (Å²) in [6, 6.07) is 8.44. The summed E-state index contributed by atoms with van der Waals surface area (Å²) >= 11 is 0. The van der Waals surface area contributed by atoms with E-state index >= 15 is 0 Å². The Balaban J connectivity index is 1.43. The predicted octanol–water partition coefficient (Wildman–Crippen LogP) is 3.79. The second-order valence-corrected chi connectivity index (χ2v) is 9.52. The Morgan fingerprint density at radius 2 is 1.94 bits per heavy atom. The molecule has 0 bridgehead atoms. The van der Waals surface area contributed by atoms with Gasteiger partial charge in [0.25, 0.3) is 0 Å². The summed E-state index contributed by atoms with van der Waals surface area (Å²) in [6.07, 6.45) is 6.95. The van der Waals surface area contributed by atoms with Crippen molar-refractivity contribution in [1.82, 2.24) is 10.2 Å². The molecule has 2 N–H and O–H groups in total. The molecule has 1 aromatic rings. The van der Waals surface area contributed by atoms with Crippen LogP contribution in [0.15, 0.2) is 30.3 Å². The number of carbonyl (C=O) groups is 3. The van der Waals surface area contributed by atoms with Crippen LogP contribution in [0.2, 0.25) is 0 Å². The quantitative estimate of drug-likeness (QED) is 0.561. The highest BCUT2D eigenvalue weighted by molar-refractivity contribution is 5.84. The summed E-state index contributed by atoms with van der Waals surface area (Å²) in [4.78, 5) is 38.7. The first-order valence-electron chi connectivity index (χ1n) is 11.7. The monoisotopic (exact) mass is 428 g/mol. The van der Waals surface area contributed by atoms with Crippen LogP contribution in [0.1, 0.15) is 70.8 Å². The highest BCUT2D eigenvalue weighted by Gasteiger charge is 2.47. The van der Waals surface area contributed by atoms with Crippen molar-refractivity contribution in [3.8, 4) is 0 Å². The maximum atomic E-state index is 12.7. The van der Waals surface area contributed by atoms with Gasteiger partial charge in [-0.15, -0.1) is 0 Å². The average Bonchev–Trinajstić information content (AvgIpc) is 3.18. The lowest BCUT2D eigenvalue weighted by atomic mass is 10.0. The topological polar surface area (TPSA) is 86.7 Å². The van der Waals surface area contributed by atoms with Crippen LogP contribution in [-0.4, -0.2) is 46.4 Å². The number of carboxylic acid groups (broad SMARTS) is 1. The van der Waals surface area contributed by atoms with Gasteiger partial charge in [0.2, 0.25) is 11.8 Å². The van der Waals surface area contributed by atoms with Gasteiger partial charge in [-0.3, -0.25) is 9.59 Å². The summed E-state index contributed by atoms with van der Waals surface area (Å²) in [6.45, 7) is 5.30. The van der Waals surface area contributed by atoms with E-state index in [1.165, 1.54) is 12.8 Å². The number of carbonyl (C=O) groups excluding carboxylic acids is 2. The van der Waals surface area contributed by atoms with Crippen LogP contribution in [0.25, 0.3) is 0 Å². The summed E-state index contributed by atoms with van der Waals surface area (Å²) in [7, 11) is 0. The van der Waals surface area contributed by atoms with E-state index in [1.807, 2.05) is 35.2 Å². The number of nitrogens with zero attached hydrogens (tertiary/aromatic N) is 1. The summed E-state index contributed by atoms with van der Waals surface area (Å²) in [5.41, 5.74) is 1.31. The SMILES string of the molecule is CCC1(C)C[C@@H]1CCC(=O)N1CCC[C@H]1CCC(=O)N[C@@H](Cc1ccccc1)C(=O)O. The Morgan fingerprint density at radius 1 is 1.19 bits per heavy atom. The molecule has 2 fully saturated rings. The zero-order valence-corrected chi connectivity index (χ0v) is 18.8. The van der Waals surface area contributed by atoms with Crippen molar-refractivity contribution in [2.45, 2.75) is 83.7 Å². The van der Waals surface area contributed by atoms with Crippen molar-refractivity contribution in [3.63, 3.8) is 0 Å². The molecule has 1 unspecified atom stereocenters. The van der Waals surface area contributed by atoms with E-state index in [0.29, 0.717) is 24.2 Å². The highest BCUT2D eigenvalue weighted by atomic mass is 16.4. The van der Waals surface area contributed by atoms with E-state index in [0.717, 1.165) is 31.4 Å². The van der Waals surface area contributed by atoms with Crippen LogP contribution in [0.4, 0.5) is 0 Å². The molecule has 3 rings (SSSR count). The number of benzene rings is 1. The van der Waals surface area contributed by atoms with Gasteiger partial charge in [-0.25, -0.2) is 4.79 Å². The number of hydrogen-bond donors (Lipinski definition) is 2. The van der Waals surface area contributed by atoms with E-state index in [-0.39, 0.29) is 30.7 Å². The van der Waals surface area contributed by atoms with Crippen molar-refractivity contribution in [2.24, 2.45) is 11.3 Å². The van der Waals surface area contributed by atoms with Gasteiger partial charge >= 0.3 is 5.97 Å². The first kappa shape index (κ1) is 23.3. The van der Waals surface area contributed by atoms with E-state index in [9.17, 15) is 19.5 Å². The Bertz CT molecular complexity index is 781. The molecule has 0 aromatic heterocycles. The largest absolute Gasteiger partial charge is 0.480 e. The number of hydrogen-bond acceptors (Lipinski definition) is 3. The van der Waals surface area contributed by atoms with Crippen LogP contribution >= 0.6 is 0 Å². The highest BCUT2D eigenvalue weighted by Crippen LogP contribution is 2.56. The van der Waals surface area contributed by atoms with E-state index in [4.69, 9.17) is 0 Å². The number of amides is 2. The number of likely N-dealkylation sites (tertiary alicyclic amines) is 1. The third kappa shape index (κ3) is 6.31. The number of rotatable bonds is 11. The first-order chi connectivity index (χ1) is 14.8. The minimum atomic E-state index is -1.03. The van der Waals surface area contributed by atoms with Crippen LogP contribution in [-0.2, 0) is 20.8 Å². The molecule has 6 heteroatoms. The smallest absolute Gasteiger partial charge is 0.326 e. The molecule has 0 radical (unpaired) electrons. The van der Waals surface area contributed by atoms with Crippen LogP contribution in [0, 0.1) is 11.3 Å². The van der Waals surface area contributed by atoms with Gasteiger partial charge in [-0.2, -0.15) is 0 Å². The standard InChI is InChI=1S/C25H36N2O4/c1-3-25(2)17-19(25)11-14-23(29)27-15-7-10-20(27)12-13-22(28)26-21(24(30)31)16-18-8-5-4-6-9-18/h4-6,8-9,19-21H,3,7,10-17H2,1-2H3,(H,26,28)(H,30,31)/t19-,20-,21-,25?/m0/s1. The molecular weight excluding hydrogens is 392 g/mol. The van der Waals surface area contributed by atoms with Crippen molar-refractivity contribution in [1.29, 1.82) is 0 Å². The van der Waals surface area contributed by atoms with Gasteiger partial charge < -0.3 is 15.3 Å². The fraction of sp³-hybridized carbons (Fsp3) is 0.640. The molecule has 4 atom stereocenters. The molecule has 1 heterocycles. The maximum absolute atomic E-state index is 12.7. The van der Waals surface area contributed by atoms with Crippen molar-refractivity contribution >= 4 is 17.8 Å². The lowest BCUT2D eigenvalue weighted by Gasteiger charge is -2.25. The second-order valence-electron chi connectivity index (χ2n) is 9.52. The molecule has 1 saturated carbocycles. The molecule has 170 valence electrons. The average molecular weight is 429 g/mol. The lowest BCUT2D eigenvalue weighted by molar-refractivity contribution is -0.141. The number of nitrogens with one attached hydrogen (secondary N) is 1. The van der Waals surface area contributed by atoms with Crippen molar-refractivity contribution in [3.05, 3.63) is 35.9 Å². The summed E-state index contributed by atoms with van der Waals surface area (Å²) in [5.74, 6) is -0.417. The lowest BCUT2D eigenvalue weighted by Crippen LogP contribution is -2.43. The molecule has 2 amide bonds. The Hall–Kier alpha value is -2.37. The van der Waals surface area contributed by atoms with Crippen LogP contribution in [0.5, 0.6) is 0 Å². The van der Waals surface area contributed by atoms with Crippen molar-refractivity contribution in [2.75, 3.05) is 6.54 Å². The van der Waals surface area contributed by atoms with Gasteiger partial charge in [0.1, 0.15) is 6.04 Å². The van der Waals surface area contributed by atoms with E-state index in [2.05, 4.69) is 19.2 Å². The predicted molar refractivity (Wildman–Crippen MR) is 119 cm³/mol. The maximum Gasteiger partial charge on any atom is 0.326 e. The van der Waals surface area contributed by atoms with E-state index in [1.54, 1.807) is 0 Å². The first-order valence-corrected chi connectivity index (χ1v) is 11.7. The van der Waals surface area contributed by atoms with Gasteiger partial charge in [-0.05, 0) is 49.0 Å². The molecule has 2 aliphatic rings. The minimum Gasteiger partial charge on any atom is -0.480 e. The minimum absolute atomic E-state index is 0.0902. The van der Waals surface area contributed by atoms with Gasteiger partial charge in [0.05, 0.1) is 0 Å². The molecular formula is C25H36N2O4. The summed E-state index contributed by atoms with van der Waals surface area (Å²) < 4.78 is 0. The number of aliphatic carboxylic acids is 1. The Kier molecular flexibility index (Phi) is 7.74.